The zero-order valence-electron chi connectivity index (χ0n) is 20.2. The number of aliphatic imine (C=N–C) groups is 1. The molecule has 3 aromatic rings. The molecule has 3 aromatic carbocycles. The fourth-order valence-corrected chi connectivity index (χ4v) is 5.29. The molecule has 36 heavy (non-hydrogen) atoms. The van der Waals surface area contributed by atoms with Gasteiger partial charge in [0.2, 0.25) is 0 Å². The number of hydrogen-bond acceptors (Lipinski definition) is 6. The molecule has 6 nitrogen and oxygen atoms in total. The molecular formula is C28H25N2NaO4S. The van der Waals surface area contributed by atoms with Gasteiger partial charge in [-0.05, 0) is 77.2 Å². The molecule has 1 saturated carbocycles. The van der Waals surface area contributed by atoms with E-state index in [-0.39, 0.29) is 41.9 Å². The average Bonchev–Trinajstić information content (AvgIpc) is 3.48. The zero-order valence-corrected chi connectivity index (χ0v) is 23.0. The van der Waals surface area contributed by atoms with Crippen LogP contribution in [0.15, 0.2) is 70.6 Å². The Kier molecular flexibility index (Phi) is 8.90. The van der Waals surface area contributed by atoms with Gasteiger partial charge >= 0.3 is 29.6 Å². The standard InChI is InChI=1S/C28H26N2O4S.Na/c31-26(32)13-18-9-11-23(12-10-18)29-28-30-27(33)25(35-28)16-22-14-20-7-3-4-8-21(20)15-24(22)34-17-19-5-1-2-6-19;/h3-4,7-12,14-16,19H,1-2,5-6,13,17H2,(H,31,32)(H,29,30,33);/q;+1/p-1. The molecular weight excluding hydrogens is 483 g/mol. The van der Waals surface area contributed by atoms with Crippen molar-refractivity contribution < 1.29 is 49.0 Å². The first-order valence-corrected chi connectivity index (χ1v) is 12.6. The Labute approximate surface area is 236 Å². The van der Waals surface area contributed by atoms with Crippen LogP contribution in [0.4, 0.5) is 5.69 Å². The minimum absolute atomic E-state index is 0. The average molecular weight is 509 g/mol. The number of benzene rings is 3. The minimum atomic E-state index is -1.13. The van der Waals surface area contributed by atoms with E-state index in [9.17, 15) is 14.7 Å². The molecule has 1 aliphatic carbocycles. The van der Waals surface area contributed by atoms with Crippen LogP contribution >= 0.6 is 11.8 Å². The second-order valence-electron chi connectivity index (χ2n) is 8.90. The largest absolute Gasteiger partial charge is 1.00 e. The van der Waals surface area contributed by atoms with E-state index < -0.39 is 5.97 Å². The summed E-state index contributed by atoms with van der Waals surface area (Å²) in [5.41, 5.74) is 2.13. The van der Waals surface area contributed by atoms with E-state index in [1.807, 2.05) is 18.2 Å². The molecule has 8 heteroatoms. The van der Waals surface area contributed by atoms with Crippen molar-refractivity contribution >= 4 is 51.3 Å². The summed E-state index contributed by atoms with van der Waals surface area (Å²) >= 11 is 1.27. The molecule has 0 spiro atoms. The van der Waals surface area contributed by atoms with Crippen LogP contribution in [-0.4, -0.2) is 23.7 Å². The summed E-state index contributed by atoms with van der Waals surface area (Å²) < 4.78 is 6.27. The number of aliphatic carboxylic acids is 1. The molecule has 178 valence electrons. The minimum Gasteiger partial charge on any atom is -0.550 e. The fourth-order valence-electron chi connectivity index (χ4n) is 4.45. The van der Waals surface area contributed by atoms with E-state index in [0.717, 1.165) is 22.1 Å². The van der Waals surface area contributed by atoms with Gasteiger partial charge < -0.3 is 20.0 Å². The maximum Gasteiger partial charge on any atom is 1.00 e. The molecule has 1 amide bonds. The van der Waals surface area contributed by atoms with Crippen LogP contribution in [-0.2, 0) is 16.0 Å². The molecule has 1 aliphatic heterocycles. The van der Waals surface area contributed by atoms with Crippen molar-refractivity contribution in [2.75, 3.05) is 6.61 Å². The maximum atomic E-state index is 12.7. The first-order chi connectivity index (χ1) is 17.0. The Bertz CT molecular complexity index is 1330. The van der Waals surface area contributed by atoms with Crippen molar-refractivity contribution in [3.05, 3.63) is 76.7 Å². The number of hydrogen-bond donors (Lipinski definition) is 1. The van der Waals surface area contributed by atoms with E-state index >= 15 is 0 Å². The number of nitrogens with one attached hydrogen (secondary N) is 1. The van der Waals surface area contributed by atoms with E-state index in [0.29, 0.717) is 33.8 Å². The number of thioether (sulfide) groups is 1. The van der Waals surface area contributed by atoms with E-state index in [1.165, 1.54) is 37.4 Å². The number of amides is 1. The molecule has 0 atom stereocenters. The molecule has 2 fully saturated rings. The number of rotatable bonds is 7. The maximum absolute atomic E-state index is 12.7. The van der Waals surface area contributed by atoms with Crippen LogP contribution in [0.3, 0.4) is 0 Å². The Hall–Kier alpha value is -2.58. The van der Waals surface area contributed by atoms with Gasteiger partial charge in [0, 0.05) is 18.0 Å². The summed E-state index contributed by atoms with van der Waals surface area (Å²) in [7, 11) is 0. The normalized spacial score (nSPS) is 17.9. The van der Waals surface area contributed by atoms with Gasteiger partial charge in [0.25, 0.3) is 5.91 Å². The molecule has 1 saturated heterocycles. The number of ether oxygens (including phenoxy) is 1. The molecule has 2 aliphatic rings. The smallest absolute Gasteiger partial charge is 0.550 e. The first-order valence-electron chi connectivity index (χ1n) is 11.8. The molecule has 5 rings (SSSR count). The molecule has 0 aromatic heterocycles. The Morgan fingerprint density at radius 3 is 2.47 bits per heavy atom. The number of carbonyl (C=O) groups is 2. The van der Waals surface area contributed by atoms with Crippen LogP contribution in [0.25, 0.3) is 16.8 Å². The summed E-state index contributed by atoms with van der Waals surface area (Å²) in [5.74, 6) is 0.0309. The third-order valence-electron chi connectivity index (χ3n) is 6.28. The number of carboxylic acids is 1. The van der Waals surface area contributed by atoms with Gasteiger partial charge in [0.1, 0.15) is 5.75 Å². The second-order valence-corrected chi connectivity index (χ2v) is 9.93. The Morgan fingerprint density at radius 1 is 1.08 bits per heavy atom. The van der Waals surface area contributed by atoms with Crippen LogP contribution in [0.2, 0.25) is 0 Å². The number of carboxylic acid groups (broad SMARTS) is 1. The van der Waals surface area contributed by atoms with Crippen molar-refractivity contribution in [3.63, 3.8) is 0 Å². The fraction of sp³-hybridized carbons (Fsp3) is 0.250. The van der Waals surface area contributed by atoms with Gasteiger partial charge in [-0.25, -0.2) is 4.99 Å². The molecule has 0 radical (unpaired) electrons. The molecule has 1 heterocycles. The number of carbonyl (C=O) groups excluding carboxylic acids is 2. The van der Waals surface area contributed by atoms with E-state index in [1.54, 1.807) is 24.3 Å². The molecule has 1 N–H and O–H groups in total. The van der Waals surface area contributed by atoms with Crippen LogP contribution in [0.5, 0.6) is 5.75 Å². The van der Waals surface area contributed by atoms with Crippen molar-refractivity contribution in [2.24, 2.45) is 10.9 Å². The predicted octanol–water partition coefficient (Wildman–Crippen LogP) is 1.60. The SMILES string of the molecule is O=C([O-])Cc1ccc(N=C2NC(=O)C(=Cc3cc4ccccc4cc3OCC3CCCC3)S2)cc1.[Na+]. The third-order valence-corrected chi connectivity index (χ3v) is 7.19. The van der Waals surface area contributed by atoms with Gasteiger partial charge in [-0.15, -0.1) is 0 Å². The Morgan fingerprint density at radius 2 is 1.78 bits per heavy atom. The molecule has 0 bridgehead atoms. The third kappa shape index (κ3) is 6.59. The van der Waals surface area contributed by atoms with E-state index in [4.69, 9.17) is 4.74 Å². The first kappa shape index (κ1) is 26.5. The topological polar surface area (TPSA) is 90.8 Å². The summed E-state index contributed by atoms with van der Waals surface area (Å²) in [6.07, 6.45) is 6.66. The number of fused-ring (bicyclic) bond motifs is 1. The van der Waals surface area contributed by atoms with Crippen LogP contribution < -0.4 is 44.7 Å². The van der Waals surface area contributed by atoms with Crippen molar-refractivity contribution in [2.45, 2.75) is 32.1 Å². The van der Waals surface area contributed by atoms with Gasteiger partial charge in [-0.1, -0.05) is 49.2 Å². The summed E-state index contributed by atoms with van der Waals surface area (Å²) in [5, 5.41) is 16.2. The van der Waals surface area contributed by atoms with Crippen LogP contribution in [0.1, 0.15) is 36.8 Å². The monoisotopic (exact) mass is 508 g/mol. The van der Waals surface area contributed by atoms with E-state index in [2.05, 4.69) is 34.6 Å². The second kappa shape index (κ2) is 12.1. The number of amidine groups is 1. The quantitative estimate of drug-likeness (QED) is 0.387. The zero-order chi connectivity index (χ0) is 24.2. The van der Waals surface area contributed by atoms with Gasteiger partial charge in [0.05, 0.1) is 17.2 Å². The summed E-state index contributed by atoms with van der Waals surface area (Å²) in [6, 6.07) is 19.1. The number of nitrogens with zero attached hydrogens (tertiary/aromatic N) is 1. The van der Waals surface area contributed by atoms with Gasteiger partial charge in [-0.2, -0.15) is 0 Å². The predicted molar refractivity (Wildman–Crippen MR) is 137 cm³/mol. The molecule has 0 unspecified atom stereocenters. The Balaban J connectivity index is 0.00000304. The van der Waals surface area contributed by atoms with Crippen molar-refractivity contribution in [1.29, 1.82) is 0 Å². The van der Waals surface area contributed by atoms with Gasteiger partial charge in [-0.3, -0.25) is 4.79 Å². The van der Waals surface area contributed by atoms with Crippen molar-refractivity contribution in [3.8, 4) is 5.75 Å². The van der Waals surface area contributed by atoms with Gasteiger partial charge in [0.15, 0.2) is 5.17 Å². The van der Waals surface area contributed by atoms with Crippen LogP contribution in [0, 0.1) is 5.92 Å². The summed E-state index contributed by atoms with van der Waals surface area (Å²) in [6.45, 7) is 0.689. The van der Waals surface area contributed by atoms with Crippen molar-refractivity contribution in [1.82, 2.24) is 5.32 Å². The summed E-state index contributed by atoms with van der Waals surface area (Å²) in [4.78, 5) is 28.5.